The van der Waals surface area contributed by atoms with Gasteiger partial charge in [-0.25, -0.2) is 0 Å². The summed E-state index contributed by atoms with van der Waals surface area (Å²) >= 11 is 5.08. The zero-order chi connectivity index (χ0) is 43.3. The van der Waals surface area contributed by atoms with Crippen LogP contribution >= 0.6 is 0 Å². The maximum Gasteiger partial charge on any atom is 0.430 e. The average Bonchev–Trinajstić information content (AvgIpc) is 2.99. The van der Waals surface area contributed by atoms with Crippen LogP contribution in [0.1, 0.15) is 149 Å². The summed E-state index contributed by atoms with van der Waals surface area (Å²) in [4.78, 5) is 17.6. The van der Waals surface area contributed by atoms with E-state index in [2.05, 4.69) is 118 Å². The number of carboxylic acids is 2. The molecule has 1 fully saturated rings. The van der Waals surface area contributed by atoms with E-state index in [1.807, 2.05) is 9.95 Å². The Balaban J connectivity index is 0.000000913. The van der Waals surface area contributed by atoms with Gasteiger partial charge in [0, 0.05) is 0 Å². The van der Waals surface area contributed by atoms with Crippen molar-refractivity contribution in [1.29, 1.82) is 0 Å². The van der Waals surface area contributed by atoms with E-state index in [0.29, 0.717) is 11.5 Å². The summed E-state index contributed by atoms with van der Waals surface area (Å²) in [5, 5.41) is 40.6. The molecular weight excluding hydrogens is 777 g/mol. The molecule has 3 rings (SSSR count). The number of phenolic OH excluding ortho intramolecular Hbond substituents is 2. The van der Waals surface area contributed by atoms with Crippen LogP contribution in [-0.2, 0) is 47.2 Å². The number of hydrogen-bond acceptors (Lipinski definition) is 6. The minimum absolute atomic E-state index is 0.0686. The van der Waals surface area contributed by atoms with Gasteiger partial charge in [-0.1, -0.05) is 0 Å². The summed E-state index contributed by atoms with van der Waals surface area (Å²) in [7, 11) is 0. The standard InChI is InChI=1S/C36H54N2O2.2C2HF3O2.Co/c1-33(2,3)26-18-24(31(39)29(20-26)35(7,8)9)22-37-38(28-16-14-13-15-17-28)23-25-19-27(34(4,5)6)21-30(32(25)40)36(10,11)12;2*3-2(4,5)1(6)7;/h18-23,28H,13-17H2,1-12H3,(H,37,39);2*(H,6,7);/q;;;+3/p-1. The van der Waals surface area contributed by atoms with Crippen molar-refractivity contribution in [1.82, 2.24) is 0 Å². The van der Waals surface area contributed by atoms with E-state index in [1.165, 1.54) is 17.5 Å². The molecule has 2 aromatic rings. The quantitative estimate of drug-likeness (QED) is 0.146. The Labute approximate surface area is 328 Å². The molecule has 1 saturated carbocycles. The largest absolute Gasteiger partial charge is 0.542 e. The Hall–Kier alpha value is -3.59. The smallest absolute Gasteiger partial charge is 0.430 e. The number of alkyl halides is 6. The molecule has 1 aliphatic rings. The number of nitrogens with zero attached hydrogens (tertiary/aromatic N) is 2. The number of aromatic hydroxyl groups is 2. The third kappa shape index (κ3) is 15.1. The molecule has 0 heterocycles. The molecule has 2 aromatic carbocycles. The van der Waals surface area contributed by atoms with Crippen LogP contribution in [0.5, 0.6) is 11.5 Å². The van der Waals surface area contributed by atoms with Crippen LogP contribution in [-0.4, -0.2) is 61.4 Å². The zero-order valence-corrected chi connectivity index (χ0v) is 34.6. The first-order valence-corrected chi connectivity index (χ1v) is 18.2. The van der Waals surface area contributed by atoms with Gasteiger partial charge in [-0.3, -0.25) is 0 Å². The van der Waals surface area contributed by atoms with Gasteiger partial charge in [0.05, 0.1) is 0 Å². The number of rotatable bonds is 4. The van der Waals surface area contributed by atoms with Crippen molar-refractivity contribution in [3.63, 3.8) is 0 Å². The minimum atomic E-state index is -5.19. The molecule has 0 aliphatic heterocycles. The summed E-state index contributed by atoms with van der Waals surface area (Å²) < 4.78 is 67.1. The first kappa shape index (κ1) is 49.4. The number of carboxylic acid groups (broad SMARTS) is 2. The van der Waals surface area contributed by atoms with Crippen LogP contribution in [0.2, 0.25) is 0 Å². The van der Waals surface area contributed by atoms with Crippen LogP contribution in [0.15, 0.2) is 24.3 Å². The van der Waals surface area contributed by atoms with Crippen LogP contribution in [0, 0.1) is 0 Å². The average molecular weight is 833 g/mol. The maximum atomic E-state index is 11.6. The van der Waals surface area contributed by atoms with Crippen LogP contribution < -0.4 is 10.2 Å². The molecule has 0 amide bonds. The van der Waals surface area contributed by atoms with Crippen molar-refractivity contribution >= 4 is 24.4 Å². The second-order valence-corrected chi connectivity index (χ2v) is 18.2. The normalized spacial score (nSPS) is 15.4. The molecule has 0 aromatic heterocycles. The first-order valence-electron chi connectivity index (χ1n) is 17.7. The molecule has 0 spiro atoms. The molecule has 8 nitrogen and oxygen atoms in total. The number of aliphatic carboxylic acids is 2. The van der Waals surface area contributed by atoms with Crippen molar-refractivity contribution in [3.8, 4) is 11.5 Å². The third-order valence-corrected chi connectivity index (χ3v) is 9.13. The van der Waals surface area contributed by atoms with Gasteiger partial charge >= 0.3 is 271 Å². The Morgan fingerprint density at radius 3 is 1.20 bits per heavy atom. The van der Waals surface area contributed by atoms with Crippen LogP contribution in [0.4, 0.5) is 26.3 Å². The van der Waals surface area contributed by atoms with E-state index < -0.39 is 24.3 Å². The number of halogens is 6. The molecule has 55 heavy (non-hydrogen) atoms. The van der Waals surface area contributed by atoms with E-state index in [-0.39, 0.29) is 27.7 Å². The monoisotopic (exact) mass is 832 g/mol. The zero-order valence-electron chi connectivity index (χ0n) is 33.6. The summed E-state index contributed by atoms with van der Waals surface area (Å²) in [6, 6.07) is 8.75. The summed E-state index contributed by atoms with van der Waals surface area (Å²) in [5.74, 6) is -5.40. The molecule has 310 valence electrons. The fourth-order valence-electron chi connectivity index (χ4n) is 5.49. The topological polar surface area (TPSA) is 127 Å². The molecule has 2 N–H and O–H groups in total. The van der Waals surface area contributed by atoms with Crippen molar-refractivity contribution in [2.45, 2.75) is 155 Å². The van der Waals surface area contributed by atoms with Gasteiger partial charge < -0.3 is 19.8 Å². The molecule has 0 bridgehead atoms. The second-order valence-electron chi connectivity index (χ2n) is 17.7. The number of carbonyl (C=O) groups is 2. The number of carbonyl (C=O) groups excluding carboxylic acids is 2. The molecule has 1 aliphatic carbocycles. The molecule has 15 heteroatoms. The first-order chi connectivity index (χ1) is 24.5. The predicted octanol–water partition coefficient (Wildman–Crippen LogP) is 7.16. The van der Waals surface area contributed by atoms with Gasteiger partial charge in [-0.05, 0) is 0 Å². The fourth-order valence-corrected chi connectivity index (χ4v) is 5.87. The summed E-state index contributed by atoms with van der Waals surface area (Å²) in [6.45, 7) is 26.1. The van der Waals surface area contributed by atoms with E-state index in [9.17, 15) is 36.6 Å². The number of hydrazone groups is 2. The Morgan fingerprint density at radius 1 is 0.618 bits per heavy atom. The Bertz CT molecular complexity index is 1710. The van der Waals surface area contributed by atoms with Gasteiger partial charge in [0.25, 0.3) is 0 Å². The van der Waals surface area contributed by atoms with Crippen molar-refractivity contribution in [2.24, 2.45) is 0 Å². The number of hydrazine groups is 1. The van der Waals surface area contributed by atoms with E-state index in [1.54, 1.807) is 0 Å². The summed E-state index contributed by atoms with van der Waals surface area (Å²) in [5.41, 5.74) is 5.20. The van der Waals surface area contributed by atoms with Crippen molar-refractivity contribution in [2.75, 3.05) is 0 Å². The SMILES string of the molecule is CC(C)(C)c1cc(C=[N+]([Co+2])[N+](=Cc2cc(C(C)(C)C)cc(C(C)(C)C)c2O)C2CCCCC2)c(O)c(C(C)(C)C)c1.O=C([O-])C(F)(F)F.O=C([O-])C(F)(F)F. The molecular formula is C40H55CoF6N2O6+2. The van der Waals surface area contributed by atoms with E-state index >= 15 is 0 Å². The van der Waals surface area contributed by atoms with Gasteiger partial charge in [0.15, 0.2) is 0 Å². The Kier molecular flexibility index (Phi) is 16.3. The van der Waals surface area contributed by atoms with Crippen LogP contribution in [0.3, 0.4) is 0 Å². The Morgan fingerprint density at radius 2 is 0.927 bits per heavy atom. The second kappa shape index (κ2) is 18.1. The minimum Gasteiger partial charge on any atom is -0.542 e. The van der Waals surface area contributed by atoms with E-state index in [0.717, 1.165) is 47.9 Å². The van der Waals surface area contributed by atoms with Gasteiger partial charge in [0.2, 0.25) is 0 Å². The van der Waals surface area contributed by atoms with Crippen LogP contribution in [0.25, 0.3) is 0 Å². The third-order valence-electron chi connectivity index (χ3n) is 8.76. The predicted molar refractivity (Wildman–Crippen MR) is 191 cm³/mol. The molecule has 0 atom stereocenters. The number of hydrogen-bond donors (Lipinski definition) is 2. The number of benzene rings is 2. The van der Waals surface area contributed by atoms with Gasteiger partial charge in [-0.2, -0.15) is 26.3 Å². The van der Waals surface area contributed by atoms with Crippen molar-refractivity contribution in [3.05, 3.63) is 57.6 Å². The number of phenols is 2. The molecule has 0 radical (unpaired) electrons. The van der Waals surface area contributed by atoms with Gasteiger partial charge in [-0.15, -0.1) is 0 Å². The van der Waals surface area contributed by atoms with E-state index in [4.69, 9.17) is 35.8 Å². The van der Waals surface area contributed by atoms with Gasteiger partial charge in [0.1, 0.15) is 11.9 Å². The fraction of sp³-hybridized carbons (Fsp3) is 0.600. The molecule has 0 unspecified atom stereocenters. The summed E-state index contributed by atoms with van der Waals surface area (Å²) in [6.07, 6.45) is -0.734. The van der Waals surface area contributed by atoms with Crippen molar-refractivity contribution < 1.29 is 80.7 Å². The maximum absolute atomic E-state index is 11.6. The molecule has 0 saturated heterocycles.